The molecule has 4 unspecified atom stereocenters. The molecule has 0 spiro atoms. The molecule has 1 heterocycles. The lowest BCUT2D eigenvalue weighted by Crippen LogP contribution is -2.58. The van der Waals surface area contributed by atoms with Crippen LogP contribution in [-0.4, -0.2) is 94.4 Å². The first-order valence-corrected chi connectivity index (χ1v) is 9.58. The number of carbonyl (C=O) groups excluding carboxylic acids is 3. The van der Waals surface area contributed by atoms with Gasteiger partial charge in [-0.3, -0.25) is 14.4 Å². The first kappa shape index (κ1) is 24.8. The van der Waals surface area contributed by atoms with E-state index in [2.05, 4.69) is 5.32 Å². The summed E-state index contributed by atoms with van der Waals surface area (Å²) in [6.45, 7) is -0.781. The van der Waals surface area contributed by atoms with E-state index < -0.39 is 55.2 Å². The number of nitrogens with two attached hydrogens (primary N) is 2. The van der Waals surface area contributed by atoms with E-state index >= 15 is 0 Å². The van der Waals surface area contributed by atoms with Gasteiger partial charge >= 0.3 is 5.97 Å². The smallest absolute Gasteiger partial charge is 0.328 e. The molecule has 12 heteroatoms. The van der Waals surface area contributed by atoms with Crippen molar-refractivity contribution in [3.05, 3.63) is 0 Å². The molecule has 0 aliphatic carbocycles. The molecule has 166 valence electrons. The highest BCUT2D eigenvalue weighted by Crippen LogP contribution is 2.19. The van der Waals surface area contributed by atoms with Gasteiger partial charge in [0.25, 0.3) is 0 Å². The summed E-state index contributed by atoms with van der Waals surface area (Å²) in [5.41, 5.74) is 11.4. The molecule has 1 aliphatic rings. The standard InChI is InChI=1S/C17H31N5O7/c18-6-2-1-4-10(19)16(27)22-7-3-5-13(22)15(26)20-11(8-23)14(25)21-12(9-24)17(28)29/h10-13,23-24H,1-9,18-19H2,(H,20,26)(H,21,25)(H,28,29). The van der Waals surface area contributed by atoms with Gasteiger partial charge in [0, 0.05) is 6.54 Å². The second kappa shape index (κ2) is 12.3. The number of hydrogen-bond donors (Lipinski definition) is 7. The van der Waals surface area contributed by atoms with Crippen LogP contribution in [0.4, 0.5) is 0 Å². The van der Waals surface area contributed by atoms with Crippen LogP contribution in [0.3, 0.4) is 0 Å². The fourth-order valence-electron chi connectivity index (χ4n) is 3.07. The number of aliphatic carboxylic acids is 1. The minimum atomic E-state index is -1.57. The fourth-order valence-corrected chi connectivity index (χ4v) is 3.07. The van der Waals surface area contributed by atoms with Crippen LogP contribution in [0.5, 0.6) is 0 Å². The Bertz CT molecular complexity index is 589. The van der Waals surface area contributed by atoms with Crippen molar-refractivity contribution < 1.29 is 34.5 Å². The lowest BCUT2D eigenvalue weighted by atomic mass is 10.1. The van der Waals surface area contributed by atoms with Crippen LogP contribution in [0.2, 0.25) is 0 Å². The van der Waals surface area contributed by atoms with E-state index in [4.69, 9.17) is 21.7 Å². The zero-order chi connectivity index (χ0) is 22.0. The molecule has 0 radical (unpaired) electrons. The van der Waals surface area contributed by atoms with Crippen molar-refractivity contribution in [2.75, 3.05) is 26.3 Å². The fraction of sp³-hybridized carbons (Fsp3) is 0.765. The molecule has 9 N–H and O–H groups in total. The lowest BCUT2D eigenvalue weighted by molar-refractivity contribution is -0.144. The maximum atomic E-state index is 12.6. The number of likely N-dealkylation sites (tertiary alicyclic amines) is 1. The number of aliphatic hydroxyl groups is 2. The third-order valence-electron chi connectivity index (χ3n) is 4.74. The minimum absolute atomic E-state index is 0.350. The van der Waals surface area contributed by atoms with E-state index in [9.17, 15) is 24.3 Å². The van der Waals surface area contributed by atoms with Gasteiger partial charge in [0.05, 0.1) is 19.3 Å². The zero-order valence-electron chi connectivity index (χ0n) is 16.2. The van der Waals surface area contributed by atoms with Crippen molar-refractivity contribution in [2.45, 2.75) is 56.3 Å². The van der Waals surface area contributed by atoms with E-state index in [1.54, 1.807) is 0 Å². The number of unbranched alkanes of at least 4 members (excludes halogenated alkanes) is 1. The number of aliphatic hydroxyl groups excluding tert-OH is 2. The summed E-state index contributed by atoms with van der Waals surface area (Å²) in [7, 11) is 0. The minimum Gasteiger partial charge on any atom is -0.480 e. The summed E-state index contributed by atoms with van der Waals surface area (Å²) in [6, 6.07) is -4.58. The summed E-state index contributed by atoms with van der Waals surface area (Å²) in [5, 5.41) is 31.6. The first-order chi connectivity index (χ1) is 13.8. The van der Waals surface area contributed by atoms with Crippen molar-refractivity contribution in [2.24, 2.45) is 11.5 Å². The SMILES string of the molecule is NCCCCC(N)C(=O)N1CCCC1C(=O)NC(CO)C(=O)NC(CO)C(=O)O. The van der Waals surface area contributed by atoms with Crippen molar-refractivity contribution in [3.8, 4) is 0 Å². The Morgan fingerprint density at radius 2 is 1.72 bits per heavy atom. The second-order valence-corrected chi connectivity index (χ2v) is 6.91. The molecule has 1 aliphatic heterocycles. The van der Waals surface area contributed by atoms with E-state index in [1.165, 1.54) is 4.90 Å². The highest BCUT2D eigenvalue weighted by molar-refractivity contribution is 5.94. The summed E-state index contributed by atoms with van der Waals surface area (Å²) >= 11 is 0. The quantitative estimate of drug-likeness (QED) is 0.157. The van der Waals surface area contributed by atoms with Crippen LogP contribution in [0.25, 0.3) is 0 Å². The van der Waals surface area contributed by atoms with E-state index in [1.807, 2.05) is 5.32 Å². The Kier molecular flexibility index (Phi) is 10.5. The van der Waals surface area contributed by atoms with Gasteiger partial charge in [-0.15, -0.1) is 0 Å². The first-order valence-electron chi connectivity index (χ1n) is 9.58. The molecule has 4 atom stereocenters. The molecule has 0 saturated carbocycles. The van der Waals surface area contributed by atoms with Crippen LogP contribution in [0, 0.1) is 0 Å². The molecule has 0 bridgehead atoms. The second-order valence-electron chi connectivity index (χ2n) is 6.91. The molecule has 0 aromatic rings. The average Bonchev–Trinajstić information content (AvgIpc) is 3.18. The van der Waals surface area contributed by atoms with Gasteiger partial charge in [-0.25, -0.2) is 4.79 Å². The van der Waals surface area contributed by atoms with Crippen molar-refractivity contribution in [1.82, 2.24) is 15.5 Å². The third-order valence-corrected chi connectivity index (χ3v) is 4.74. The largest absolute Gasteiger partial charge is 0.480 e. The molecule has 1 fully saturated rings. The number of hydrogen-bond acceptors (Lipinski definition) is 8. The molecular weight excluding hydrogens is 386 g/mol. The predicted molar refractivity (Wildman–Crippen MR) is 101 cm³/mol. The molecule has 1 saturated heterocycles. The van der Waals surface area contributed by atoms with Gasteiger partial charge in [0.2, 0.25) is 17.7 Å². The molecule has 12 nitrogen and oxygen atoms in total. The molecular formula is C17H31N5O7. The maximum Gasteiger partial charge on any atom is 0.328 e. The number of nitrogens with zero attached hydrogens (tertiary/aromatic N) is 1. The molecule has 3 amide bonds. The summed E-state index contributed by atoms with van der Waals surface area (Å²) in [4.78, 5) is 49.5. The van der Waals surface area contributed by atoms with Crippen LogP contribution in [0.1, 0.15) is 32.1 Å². The van der Waals surface area contributed by atoms with Gasteiger partial charge in [-0.1, -0.05) is 6.42 Å². The van der Waals surface area contributed by atoms with E-state index in [0.717, 1.165) is 6.42 Å². The van der Waals surface area contributed by atoms with Crippen LogP contribution in [0.15, 0.2) is 0 Å². The Hall–Kier alpha value is -2.28. The van der Waals surface area contributed by atoms with Gasteiger partial charge in [0.15, 0.2) is 0 Å². The van der Waals surface area contributed by atoms with Gasteiger partial charge in [-0.2, -0.15) is 0 Å². The normalized spacial score (nSPS) is 19.3. The number of carbonyl (C=O) groups is 4. The highest BCUT2D eigenvalue weighted by atomic mass is 16.4. The third kappa shape index (κ3) is 7.24. The number of nitrogens with one attached hydrogen (secondary N) is 2. The average molecular weight is 417 g/mol. The summed E-state index contributed by atoms with van der Waals surface area (Å²) in [5.74, 6) is -3.43. The number of amides is 3. The van der Waals surface area contributed by atoms with Gasteiger partial charge in [-0.05, 0) is 32.2 Å². The Balaban J connectivity index is 2.71. The molecule has 0 aromatic heterocycles. The molecule has 0 aromatic carbocycles. The van der Waals surface area contributed by atoms with E-state index in [-0.39, 0.29) is 5.91 Å². The Labute approximate surface area is 168 Å². The molecule has 29 heavy (non-hydrogen) atoms. The maximum absolute atomic E-state index is 12.6. The number of rotatable bonds is 12. The van der Waals surface area contributed by atoms with Crippen molar-refractivity contribution in [3.63, 3.8) is 0 Å². The number of carboxylic acid groups (broad SMARTS) is 1. The van der Waals surface area contributed by atoms with Crippen molar-refractivity contribution >= 4 is 23.7 Å². The molecule has 1 rings (SSSR count). The Morgan fingerprint density at radius 3 is 2.28 bits per heavy atom. The number of carboxylic acids is 1. The summed E-state index contributed by atoms with van der Waals surface area (Å²) < 4.78 is 0. The monoisotopic (exact) mass is 417 g/mol. The Morgan fingerprint density at radius 1 is 1.07 bits per heavy atom. The highest BCUT2D eigenvalue weighted by Gasteiger charge is 2.37. The zero-order valence-corrected chi connectivity index (χ0v) is 16.2. The topological polar surface area (TPSA) is 208 Å². The van der Waals surface area contributed by atoms with Crippen LogP contribution < -0.4 is 22.1 Å². The van der Waals surface area contributed by atoms with Gasteiger partial charge < -0.3 is 42.3 Å². The predicted octanol–water partition coefficient (Wildman–Crippen LogP) is -3.53. The van der Waals surface area contributed by atoms with Crippen LogP contribution >= 0.6 is 0 Å². The van der Waals surface area contributed by atoms with Gasteiger partial charge in [0.1, 0.15) is 18.1 Å². The lowest BCUT2D eigenvalue weighted by Gasteiger charge is -2.28. The van der Waals surface area contributed by atoms with E-state index in [0.29, 0.717) is 38.8 Å². The van der Waals surface area contributed by atoms with Crippen molar-refractivity contribution in [1.29, 1.82) is 0 Å². The summed E-state index contributed by atoms with van der Waals surface area (Å²) in [6.07, 6.45) is 2.84. The van der Waals surface area contributed by atoms with Crippen LogP contribution in [-0.2, 0) is 19.2 Å².